The summed E-state index contributed by atoms with van der Waals surface area (Å²) in [6.45, 7) is -0.695. The average Bonchev–Trinajstić information content (AvgIpc) is 3.15. The number of halogens is 5. The number of aromatic nitrogens is 3. The van der Waals surface area contributed by atoms with Gasteiger partial charge in [-0.2, -0.15) is 18.3 Å². The molecule has 2 aliphatic rings. The second-order valence-electron chi connectivity index (χ2n) is 7.56. The van der Waals surface area contributed by atoms with Crippen LogP contribution in [-0.2, 0) is 10.9 Å². The third-order valence-corrected chi connectivity index (χ3v) is 5.32. The van der Waals surface area contributed by atoms with Gasteiger partial charge in [-0.1, -0.05) is 6.08 Å². The number of carbonyl (C=O) groups is 1. The number of ether oxygens (including phenoxy) is 1. The lowest BCUT2D eigenvalue weighted by Gasteiger charge is -2.31. The van der Waals surface area contributed by atoms with Crippen molar-refractivity contribution >= 4 is 11.6 Å². The Labute approximate surface area is 174 Å². The zero-order chi connectivity index (χ0) is 22.4. The Kier molecular flexibility index (Phi) is 5.22. The maximum atomic E-state index is 13.7. The van der Waals surface area contributed by atoms with Crippen LogP contribution in [0.5, 0.6) is 0 Å². The number of piperidine rings is 1. The van der Waals surface area contributed by atoms with Crippen LogP contribution in [0.3, 0.4) is 0 Å². The van der Waals surface area contributed by atoms with Crippen LogP contribution in [0.4, 0.5) is 22.0 Å². The molecule has 166 valence electrons. The van der Waals surface area contributed by atoms with Gasteiger partial charge in [0.2, 0.25) is 0 Å². The van der Waals surface area contributed by atoms with Crippen LogP contribution < -0.4 is 0 Å². The monoisotopic (exact) mass is 442 g/mol. The van der Waals surface area contributed by atoms with E-state index in [9.17, 15) is 26.7 Å². The van der Waals surface area contributed by atoms with E-state index in [1.807, 2.05) is 0 Å². The van der Waals surface area contributed by atoms with Gasteiger partial charge in [0.1, 0.15) is 11.5 Å². The number of alkyl halides is 5. The summed E-state index contributed by atoms with van der Waals surface area (Å²) in [4.78, 5) is 17.8. The normalized spacial score (nSPS) is 21.3. The highest BCUT2D eigenvalue weighted by molar-refractivity contribution is 5.93. The predicted octanol–water partition coefficient (Wildman–Crippen LogP) is 4.19. The van der Waals surface area contributed by atoms with Gasteiger partial charge >= 0.3 is 6.18 Å². The third kappa shape index (κ3) is 4.26. The molecule has 3 heterocycles. The van der Waals surface area contributed by atoms with Crippen molar-refractivity contribution in [3.8, 4) is 0 Å². The molecule has 0 spiro atoms. The van der Waals surface area contributed by atoms with Gasteiger partial charge in [0.05, 0.1) is 19.3 Å². The minimum absolute atomic E-state index is 0.0914. The van der Waals surface area contributed by atoms with E-state index in [1.54, 1.807) is 18.2 Å². The second-order valence-corrected chi connectivity index (χ2v) is 7.56. The van der Waals surface area contributed by atoms with E-state index >= 15 is 0 Å². The molecule has 2 aromatic heterocycles. The third-order valence-electron chi connectivity index (χ3n) is 5.32. The highest BCUT2D eigenvalue weighted by Gasteiger charge is 2.39. The minimum atomic E-state index is -4.76. The number of fused-ring (bicyclic) bond motifs is 1. The number of hydrogen-bond acceptors (Lipinski definition) is 4. The number of methoxy groups -OCH3 is 1. The number of nitrogens with zero attached hydrogens (tertiary/aromatic N) is 4. The Morgan fingerprint density at radius 1 is 1.29 bits per heavy atom. The molecule has 1 aliphatic carbocycles. The number of likely N-dealkylation sites (tertiary alicyclic amines) is 1. The molecule has 0 saturated carbocycles. The second kappa shape index (κ2) is 7.61. The summed E-state index contributed by atoms with van der Waals surface area (Å²) in [7, 11) is 1.49. The van der Waals surface area contributed by atoms with Crippen LogP contribution in [0.1, 0.15) is 47.1 Å². The standard InChI is InChI=1S/C20H19F5N4O2/c1-31-13-5-3-12(4-6-13)14-9-16(20(23,24)25)29-17(26-14)10-15(27-29)18(30)28-8-2-7-19(21,22)11-28/h3,5-6,9-10,12H,2,4,7-8,11H2,1H3. The van der Waals surface area contributed by atoms with Gasteiger partial charge in [-0.3, -0.25) is 4.79 Å². The summed E-state index contributed by atoms with van der Waals surface area (Å²) in [5.41, 5.74) is -1.46. The first-order chi connectivity index (χ1) is 14.6. The molecule has 1 unspecified atom stereocenters. The van der Waals surface area contributed by atoms with Crippen LogP contribution in [0.15, 0.2) is 36.1 Å². The number of amides is 1. The van der Waals surface area contributed by atoms with Crippen molar-refractivity contribution in [3.63, 3.8) is 0 Å². The smallest absolute Gasteiger partial charge is 0.433 e. The lowest BCUT2D eigenvalue weighted by Crippen LogP contribution is -2.45. The lowest BCUT2D eigenvalue weighted by molar-refractivity contribution is -0.142. The summed E-state index contributed by atoms with van der Waals surface area (Å²) in [5, 5.41) is 3.76. The Balaban J connectivity index is 1.72. The van der Waals surface area contributed by atoms with Crippen molar-refractivity contribution in [1.82, 2.24) is 19.5 Å². The molecule has 6 nitrogen and oxygen atoms in total. The van der Waals surface area contributed by atoms with Gasteiger partial charge in [-0.05, 0) is 31.1 Å². The molecule has 1 aliphatic heterocycles. The quantitative estimate of drug-likeness (QED) is 0.669. The van der Waals surface area contributed by atoms with E-state index in [0.717, 1.165) is 17.0 Å². The minimum Gasteiger partial charge on any atom is -0.497 e. The first-order valence-electron chi connectivity index (χ1n) is 9.65. The Hall–Kier alpha value is -2.98. The van der Waals surface area contributed by atoms with Crippen molar-refractivity contribution in [2.24, 2.45) is 0 Å². The summed E-state index contributed by atoms with van der Waals surface area (Å²) < 4.78 is 74.1. The van der Waals surface area contributed by atoms with E-state index in [0.29, 0.717) is 16.7 Å². The van der Waals surface area contributed by atoms with Gasteiger partial charge in [-0.15, -0.1) is 0 Å². The number of rotatable bonds is 3. The fourth-order valence-electron chi connectivity index (χ4n) is 3.76. The molecule has 11 heteroatoms. The molecule has 4 rings (SSSR count). The molecule has 0 N–H and O–H groups in total. The summed E-state index contributed by atoms with van der Waals surface area (Å²) in [6, 6.07) is 2.00. The number of hydrogen-bond donors (Lipinski definition) is 0. The molecule has 0 bridgehead atoms. The Morgan fingerprint density at radius 2 is 2.06 bits per heavy atom. The van der Waals surface area contributed by atoms with Gasteiger partial charge in [0.25, 0.3) is 11.8 Å². The Morgan fingerprint density at radius 3 is 2.68 bits per heavy atom. The topological polar surface area (TPSA) is 59.7 Å². The molecular formula is C20H19F5N4O2. The fraction of sp³-hybridized carbons (Fsp3) is 0.450. The van der Waals surface area contributed by atoms with E-state index in [2.05, 4.69) is 10.1 Å². The zero-order valence-corrected chi connectivity index (χ0v) is 16.5. The molecule has 1 amide bonds. The molecule has 0 radical (unpaired) electrons. The van der Waals surface area contributed by atoms with Crippen LogP contribution in [0, 0.1) is 0 Å². The van der Waals surface area contributed by atoms with E-state index in [1.165, 1.54) is 7.11 Å². The van der Waals surface area contributed by atoms with E-state index in [-0.39, 0.29) is 36.4 Å². The maximum absolute atomic E-state index is 13.7. The summed E-state index contributed by atoms with van der Waals surface area (Å²) >= 11 is 0. The van der Waals surface area contributed by atoms with Gasteiger partial charge < -0.3 is 9.64 Å². The highest BCUT2D eigenvalue weighted by atomic mass is 19.4. The maximum Gasteiger partial charge on any atom is 0.433 e. The first-order valence-corrected chi connectivity index (χ1v) is 9.65. The van der Waals surface area contributed by atoms with E-state index in [4.69, 9.17) is 4.74 Å². The number of carbonyl (C=O) groups excluding carboxylic acids is 1. The first kappa shape index (κ1) is 21.3. The zero-order valence-electron chi connectivity index (χ0n) is 16.5. The molecule has 2 aromatic rings. The largest absolute Gasteiger partial charge is 0.497 e. The van der Waals surface area contributed by atoms with Gasteiger partial charge in [0.15, 0.2) is 11.3 Å². The van der Waals surface area contributed by atoms with Gasteiger partial charge in [0, 0.05) is 24.9 Å². The predicted molar refractivity (Wildman–Crippen MR) is 99.7 cm³/mol. The van der Waals surface area contributed by atoms with Crippen molar-refractivity contribution in [1.29, 1.82) is 0 Å². The number of allylic oxidation sites excluding steroid dienone is 3. The fourth-order valence-corrected chi connectivity index (χ4v) is 3.76. The van der Waals surface area contributed by atoms with Crippen LogP contribution >= 0.6 is 0 Å². The SMILES string of the molecule is COC1=CCC(c2cc(C(F)(F)F)n3nc(C(=O)N4CCCC(F)(F)C4)cc3n2)C=C1. The molecule has 31 heavy (non-hydrogen) atoms. The van der Waals surface area contributed by atoms with Crippen LogP contribution in [0.2, 0.25) is 0 Å². The van der Waals surface area contributed by atoms with Crippen molar-refractivity contribution in [2.45, 2.75) is 37.3 Å². The summed E-state index contributed by atoms with van der Waals surface area (Å²) in [5.74, 6) is -3.69. The molecule has 1 fully saturated rings. The molecule has 1 saturated heterocycles. The van der Waals surface area contributed by atoms with Crippen LogP contribution in [0.25, 0.3) is 5.65 Å². The average molecular weight is 442 g/mol. The van der Waals surface area contributed by atoms with Crippen molar-refractivity contribution in [2.75, 3.05) is 20.2 Å². The Bertz CT molecular complexity index is 1070. The van der Waals surface area contributed by atoms with Crippen molar-refractivity contribution < 1.29 is 31.5 Å². The highest BCUT2D eigenvalue weighted by Crippen LogP contribution is 2.34. The van der Waals surface area contributed by atoms with Crippen LogP contribution in [-0.4, -0.2) is 51.5 Å². The van der Waals surface area contributed by atoms with Gasteiger partial charge in [-0.25, -0.2) is 18.3 Å². The molecular weight excluding hydrogens is 423 g/mol. The van der Waals surface area contributed by atoms with E-state index < -0.39 is 36.2 Å². The molecule has 1 atom stereocenters. The molecule has 0 aromatic carbocycles. The van der Waals surface area contributed by atoms with Crippen molar-refractivity contribution in [3.05, 3.63) is 53.2 Å². The lowest BCUT2D eigenvalue weighted by atomic mass is 9.96. The summed E-state index contributed by atoms with van der Waals surface area (Å²) in [6.07, 6.45) is 0.485.